The van der Waals surface area contributed by atoms with Crippen LogP contribution < -0.4 is 15.0 Å². The van der Waals surface area contributed by atoms with Crippen molar-refractivity contribution in [2.45, 2.75) is 44.4 Å². The number of benzene rings is 2. The molecule has 4 heterocycles. The molecular formula is C30H32N4O6S. The number of hydrogen-bond donors (Lipinski definition) is 0. The zero-order chi connectivity index (χ0) is 28.6. The summed E-state index contributed by atoms with van der Waals surface area (Å²) >= 11 is 1.37. The predicted molar refractivity (Wildman–Crippen MR) is 154 cm³/mol. The lowest BCUT2D eigenvalue weighted by atomic mass is 9.87. The minimum atomic E-state index is -0.405. The molecule has 2 aromatic carbocycles. The normalized spacial score (nSPS) is 17.8. The van der Waals surface area contributed by atoms with Gasteiger partial charge in [0.15, 0.2) is 10.3 Å². The Balaban J connectivity index is 1.34. The van der Waals surface area contributed by atoms with Gasteiger partial charge in [-0.3, -0.25) is 14.3 Å². The Kier molecular flexibility index (Phi) is 7.39. The van der Waals surface area contributed by atoms with Crippen molar-refractivity contribution >= 4 is 27.8 Å². The Bertz CT molecular complexity index is 1630. The summed E-state index contributed by atoms with van der Waals surface area (Å²) in [5.74, 6) is 1.94. The number of rotatable bonds is 8. The van der Waals surface area contributed by atoms with Gasteiger partial charge in [0.2, 0.25) is 0 Å². The van der Waals surface area contributed by atoms with Crippen molar-refractivity contribution in [1.82, 2.24) is 19.4 Å². The number of amides is 1. The molecular weight excluding hydrogens is 544 g/mol. The third-order valence-corrected chi connectivity index (χ3v) is 8.77. The number of carbonyl (C=O) groups is 1. The molecule has 0 unspecified atom stereocenters. The van der Waals surface area contributed by atoms with E-state index in [0.29, 0.717) is 52.4 Å². The molecule has 11 heteroatoms. The van der Waals surface area contributed by atoms with Gasteiger partial charge in [-0.2, -0.15) is 0 Å². The second kappa shape index (κ2) is 11.1. The highest BCUT2D eigenvalue weighted by Gasteiger charge is 2.41. The zero-order valence-electron chi connectivity index (χ0n) is 23.3. The van der Waals surface area contributed by atoms with E-state index in [-0.39, 0.29) is 30.8 Å². The summed E-state index contributed by atoms with van der Waals surface area (Å²) < 4.78 is 23.8. The van der Waals surface area contributed by atoms with E-state index in [9.17, 15) is 9.59 Å². The third-order valence-electron chi connectivity index (χ3n) is 7.72. The highest BCUT2D eigenvalue weighted by Crippen LogP contribution is 2.38. The van der Waals surface area contributed by atoms with Crippen molar-refractivity contribution in [2.75, 3.05) is 34.0 Å². The summed E-state index contributed by atoms with van der Waals surface area (Å²) in [6.45, 7) is 4.03. The van der Waals surface area contributed by atoms with Gasteiger partial charge in [0.25, 0.3) is 5.56 Å². The van der Waals surface area contributed by atoms with Crippen molar-refractivity contribution in [1.29, 1.82) is 0 Å². The Labute approximate surface area is 241 Å². The maximum absolute atomic E-state index is 14.0. The fourth-order valence-electron chi connectivity index (χ4n) is 5.41. The van der Waals surface area contributed by atoms with Crippen LogP contribution in [-0.4, -0.2) is 59.5 Å². The third kappa shape index (κ3) is 5.15. The van der Waals surface area contributed by atoms with Crippen LogP contribution in [0.15, 0.2) is 53.3 Å². The molecule has 214 valence electrons. The van der Waals surface area contributed by atoms with Crippen molar-refractivity contribution in [3.8, 4) is 11.5 Å². The number of likely N-dealkylation sites (tertiary alicyclic amines) is 1. The van der Waals surface area contributed by atoms with Crippen LogP contribution in [0.1, 0.15) is 47.8 Å². The lowest BCUT2D eigenvalue weighted by Crippen LogP contribution is -2.48. The van der Waals surface area contributed by atoms with Gasteiger partial charge in [-0.1, -0.05) is 41.7 Å². The van der Waals surface area contributed by atoms with Crippen molar-refractivity contribution < 1.29 is 23.7 Å². The van der Waals surface area contributed by atoms with Gasteiger partial charge >= 0.3 is 6.09 Å². The first kappa shape index (κ1) is 27.2. The number of thiazole rings is 1. The molecule has 0 aliphatic carbocycles. The van der Waals surface area contributed by atoms with E-state index in [1.54, 1.807) is 29.8 Å². The van der Waals surface area contributed by atoms with Crippen LogP contribution in [0.5, 0.6) is 11.5 Å². The van der Waals surface area contributed by atoms with Crippen LogP contribution in [-0.2, 0) is 28.0 Å². The van der Waals surface area contributed by atoms with E-state index >= 15 is 0 Å². The fourth-order valence-corrected chi connectivity index (χ4v) is 6.49. The monoisotopic (exact) mass is 576 g/mol. The number of carbonyl (C=O) groups excluding carboxylic acids is 1. The van der Waals surface area contributed by atoms with E-state index in [1.807, 2.05) is 42.5 Å². The maximum Gasteiger partial charge on any atom is 0.410 e. The number of ether oxygens (including phenoxy) is 4. The van der Waals surface area contributed by atoms with Gasteiger partial charge in [0.05, 0.1) is 45.4 Å². The SMILES string of the molecule is COc1ccc(Cn2c(C3(C)COC3)nc3sc([C@H]4CCCN4C(=O)OCc4ccccc4)nc3c2=O)c(OC)c1. The predicted octanol–water partition coefficient (Wildman–Crippen LogP) is 4.68. The van der Waals surface area contributed by atoms with Gasteiger partial charge in [-0.15, -0.1) is 0 Å². The summed E-state index contributed by atoms with van der Waals surface area (Å²) in [5, 5.41) is 0.694. The number of hydrogen-bond acceptors (Lipinski definition) is 9. The molecule has 2 aliphatic rings. The number of aromatic nitrogens is 3. The second-order valence-corrected chi connectivity index (χ2v) is 11.7. The molecule has 2 fully saturated rings. The van der Waals surface area contributed by atoms with Crippen LogP contribution in [0.25, 0.3) is 10.3 Å². The van der Waals surface area contributed by atoms with Gasteiger partial charge in [0, 0.05) is 18.2 Å². The molecule has 0 spiro atoms. The summed E-state index contributed by atoms with van der Waals surface area (Å²) in [7, 11) is 3.19. The topological polar surface area (TPSA) is 105 Å². The molecule has 2 aliphatic heterocycles. The van der Waals surface area contributed by atoms with Crippen LogP contribution in [0.2, 0.25) is 0 Å². The standard InChI is InChI=1S/C30H32N4O6S/c1-30(17-39-18-30)28-32-26-24(27(35)34(28)15-20-11-12-21(37-2)14-23(20)38-3)31-25(41-26)22-10-7-13-33(22)29(36)40-16-19-8-5-4-6-9-19/h4-6,8-9,11-12,14,22H,7,10,13,15-18H2,1-3H3/t22-/m1/s1. The van der Waals surface area contributed by atoms with Crippen LogP contribution >= 0.6 is 11.3 Å². The lowest BCUT2D eigenvalue weighted by Gasteiger charge is -2.38. The molecule has 10 nitrogen and oxygen atoms in total. The first-order chi connectivity index (χ1) is 19.9. The highest BCUT2D eigenvalue weighted by atomic mass is 32.1. The molecule has 6 rings (SSSR count). The average molecular weight is 577 g/mol. The Morgan fingerprint density at radius 1 is 1.12 bits per heavy atom. The molecule has 0 radical (unpaired) electrons. The van der Waals surface area contributed by atoms with Gasteiger partial charge < -0.3 is 18.9 Å². The molecule has 2 aromatic heterocycles. The largest absolute Gasteiger partial charge is 0.497 e. The van der Waals surface area contributed by atoms with Gasteiger partial charge in [0.1, 0.15) is 28.9 Å². The molecule has 0 saturated carbocycles. The summed E-state index contributed by atoms with van der Waals surface area (Å²) in [5.41, 5.74) is 1.41. The Morgan fingerprint density at radius 2 is 1.93 bits per heavy atom. The number of methoxy groups -OCH3 is 2. The molecule has 0 bridgehead atoms. The summed E-state index contributed by atoms with van der Waals surface area (Å²) in [6.07, 6.45) is 1.19. The first-order valence-corrected chi connectivity index (χ1v) is 14.4. The van der Waals surface area contributed by atoms with Crippen LogP contribution in [0.4, 0.5) is 4.79 Å². The summed E-state index contributed by atoms with van der Waals surface area (Å²) in [4.78, 5) is 39.1. The Hall–Kier alpha value is -3.96. The smallest absolute Gasteiger partial charge is 0.410 e. The van der Waals surface area contributed by atoms with E-state index in [2.05, 4.69) is 6.92 Å². The fraction of sp³-hybridized carbons (Fsp3) is 0.400. The quantitative estimate of drug-likeness (QED) is 0.298. The van der Waals surface area contributed by atoms with Crippen molar-refractivity contribution in [3.05, 3.63) is 80.8 Å². The van der Waals surface area contributed by atoms with Crippen LogP contribution in [0, 0.1) is 0 Å². The van der Waals surface area contributed by atoms with E-state index in [4.69, 9.17) is 28.9 Å². The van der Waals surface area contributed by atoms with Crippen LogP contribution in [0.3, 0.4) is 0 Å². The minimum absolute atomic E-state index is 0.202. The molecule has 2 saturated heterocycles. The molecule has 1 atom stereocenters. The van der Waals surface area contributed by atoms with Gasteiger partial charge in [-0.25, -0.2) is 14.8 Å². The molecule has 1 amide bonds. The summed E-state index contributed by atoms with van der Waals surface area (Å²) in [6, 6.07) is 14.9. The number of fused-ring (bicyclic) bond motifs is 1. The zero-order valence-corrected chi connectivity index (χ0v) is 24.1. The van der Waals surface area contributed by atoms with E-state index < -0.39 is 5.41 Å². The van der Waals surface area contributed by atoms with Crippen molar-refractivity contribution in [3.63, 3.8) is 0 Å². The van der Waals surface area contributed by atoms with E-state index in [0.717, 1.165) is 24.0 Å². The number of nitrogens with zero attached hydrogens (tertiary/aromatic N) is 4. The lowest BCUT2D eigenvalue weighted by molar-refractivity contribution is -0.0562. The van der Waals surface area contributed by atoms with Crippen molar-refractivity contribution in [2.24, 2.45) is 0 Å². The maximum atomic E-state index is 14.0. The minimum Gasteiger partial charge on any atom is -0.497 e. The highest BCUT2D eigenvalue weighted by molar-refractivity contribution is 7.18. The Morgan fingerprint density at radius 3 is 2.63 bits per heavy atom. The molecule has 4 aromatic rings. The van der Waals surface area contributed by atoms with Gasteiger partial charge in [-0.05, 0) is 37.5 Å². The second-order valence-electron chi connectivity index (χ2n) is 10.7. The first-order valence-electron chi connectivity index (χ1n) is 13.6. The molecule has 41 heavy (non-hydrogen) atoms. The molecule has 0 N–H and O–H groups in total. The van der Waals surface area contributed by atoms with E-state index in [1.165, 1.54) is 11.3 Å². The average Bonchev–Trinajstić information content (AvgIpc) is 3.64.